The maximum atomic E-state index is 13.6. The van der Waals surface area contributed by atoms with Crippen LogP contribution in [0.1, 0.15) is 38.0 Å². The normalized spacial score (nSPS) is 18.2. The van der Waals surface area contributed by atoms with Crippen molar-refractivity contribution in [2.24, 2.45) is 0 Å². The minimum Gasteiger partial charge on any atom is -0.327 e. The van der Waals surface area contributed by atoms with E-state index in [1.807, 2.05) is 29.2 Å². The van der Waals surface area contributed by atoms with Gasteiger partial charge in [-0.3, -0.25) is 9.10 Å². The minimum absolute atomic E-state index is 0.0127. The van der Waals surface area contributed by atoms with Crippen molar-refractivity contribution in [1.29, 1.82) is 0 Å². The summed E-state index contributed by atoms with van der Waals surface area (Å²) >= 11 is 1.75. The van der Waals surface area contributed by atoms with Crippen LogP contribution < -0.4 is 4.31 Å². The summed E-state index contributed by atoms with van der Waals surface area (Å²) in [6, 6.07) is 17.6. The summed E-state index contributed by atoms with van der Waals surface area (Å²) in [5, 5.41) is 2.10. The van der Waals surface area contributed by atoms with Crippen LogP contribution in [0, 0.1) is 0 Å². The number of benzene rings is 2. The maximum Gasteiger partial charge on any atom is 0.254 e. The number of nitrogens with zero attached hydrogens (tertiary/aromatic N) is 2. The largest absolute Gasteiger partial charge is 0.327 e. The van der Waals surface area contributed by atoms with Crippen molar-refractivity contribution in [1.82, 2.24) is 4.90 Å². The highest BCUT2D eigenvalue weighted by Crippen LogP contribution is 2.39. The molecular weight excluding hydrogens is 416 g/mol. The van der Waals surface area contributed by atoms with Crippen LogP contribution in [0.2, 0.25) is 0 Å². The van der Waals surface area contributed by atoms with Crippen molar-refractivity contribution in [2.75, 3.05) is 23.7 Å². The van der Waals surface area contributed by atoms with Gasteiger partial charge in [0.25, 0.3) is 5.91 Å². The number of carbonyl (C=O) groups is 1. The highest BCUT2D eigenvalue weighted by atomic mass is 32.2. The predicted octanol–water partition coefficient (Wildman–Crippen LogP) is 3.86. The van der Waals surface area contributed by atoms with E-state index in [1.165, 1.54) is 21.0 Å². The first-order valence-corrected chi connectivity index (χ1v) is 12.7. The molecule has 0 spiro atoms. The van der Waals surface area contributed by atoms with Gasteiger partial charge in [-0.1, -0.05) is 30.3 Å². The van der Waals surface area contributed by atoms with Gasteiger partial charge in [0.15, 0.2) is 0 Å². The van der Waals surface area contributed by atoms with Crippen molar-refractivity contribution in [3.8, 4) is 0 Å². The van der Waals surface area contributed by atoms with Crippen molar-refractivity contribution in [3.63, 3.8) is 0 Å². The van der Waals surface area contributed by atoms with E-state index in [9.17, 15) is 13.2 Å². The first-order valence-electron chi connectivity index (χ1n) is 9.96. The number of amides is 1. The highest BCUT2D eigenvalue weighted by Gasteiger charge is 2.34. The number of hydrogen-bond acceptors (Lipinski definition) is 4. The molecule has 1 aromatic heterocycles. The molecule has 2 aliphatic heterocycles. The van der Waals surface area contributed by atoms with Gasteiger partial charge in [0.1, 0.15) is 0 Å². The van der Waals surface area contributed by atoms with Crippen molar-refractivity contribution < 1.29 is 13.2 Å². The van der Waals surface area contributed by atoms with Crippen LogP contribution in [0.3, 0.4) is 0 Å². The molecular formula is C23H22N2O3S2. The topological polar surface area (TPSA) is 57.7 Å². The van der Waals surface area contributed by atoms with E-state index in [2.05, 4.69) is 23.6 Å². The molecule has 0 fully saturated rings. The molecule has 1 atom stereocenters. The third-order valence-corrected chi connectivity index (χ3v) is 8.10. The van der Waals surface area contributed by atoms with E-state index in [0.29, 0.717) is 30.8 Å². The standard InChI is InChI=1S/C23H22N2O3S2/c1-30(27,28)25-13-9-17-15-18(7-8-20(17)25)23(26)24-12-10-21-19(11-14-29-21)22(24)16-5-3-2-4-6-16/h2-8,11,14-15,22H,9-10,12-13H2,1H3. The van der Waals surface area contributed by atoms with Gasteiger partial charge >= 0.3 is 0 Å². The summed E-state index contributed by atoms with van der Waals surface area (Å²) in [4.78, 5) is 16.9. The number of rotatable bonds is 3. The quantitative estimate of drug-likeness (QED) is 0.624. The fourth-order valence-corrected chi connectivity index (χ4v) is 6.41. The van der Waals surface area contributed by atoms with Crippen LogP contribution in [-0.2, 0) is 22.9 Å². The lowest BCUT2D eigenvalue weighted by molar-refractivity contribution is 0.0696. The molecule has 0 N–H and O–H groups in total. The first-order chi connectivity index (χ1) is 14.4. The molecule has 3 heterocycles. The molecule has 0 saturated carbocycles. The van der Waals surface area contributed by atoms with E-state index < -0.39 is 10.0 Å². The molecule has 1 unspecified atom stereocenters. The zero-order valence-electron chi connectivity index (χ0n) is 16.6. The fraction of sp³-hybridized carbons (Fsp3) is 0.261. The maximum absolute atomic E-state index is 13.6. The van der Waals surface area contributed by atoms with Gasteiger partial charge in [0, 0.05) is 23.5 Å². The molecule has 154 valence electrons. The summed E-state index contributed by atoms with van der Waals surface area (Å²) in [6.07, 6.45) is 2.70. The molecule has 0 saturated heterocycles. The van der Waals surface area contributed by atoms with Crippen LogP contribution in [0.5, 0.6) is 0 Å². The number of sulfonamides is 1. The summed E-state index contributed by atoms with van der Waals surface area (Å²) in [7, 11) is -3.30. The van der Waals surface area contributed by atoms with E-state index in [4.69, 9.17) is 0 Å². The van der Waals surface area contributed by atoms with Gasteiger partial charge in [-0.05, 0) is 59.2 Å². The van der Waals surface area contributed by atoms with Crippen LogP contribution in [0.4, 0.5) is 5.69 Å². The summed E-state index contributed by atoms with van der Waals surface area (Å²) < 4.78 is 25.4. The van der Waals surface area contributed by atoms with Crippen LogP contribution in [0.15, 0.2) is 60.0 Å². The second-order valence-electron chi connectivity index (χ2n) is 7.79. The third kappa shape index (κ3) is 3.22. The lowest BCUT2D eigenvalue weighted by Crippen LogP contribution is -2.40. The number of anilines is 1. The number of thiophene rings is 1. The Morgan fingerprint density at radius 2 is 1.83 bits per heavy atom. The lowest BCUT2D eigenvalue weighted by Gasteiger charge is -2.36. The Hall–Kier alpha value is -2.64. The van der Waals surface area contributed by atoms with Gasteiger partial charge in [0.05, 0.1) is 18.0 Å². The molecule has 3 aromatic rings. The lowest BCUT2D eigenvalue weighted by atomic mass is 9.92. The van der Waals surface area contributed by atoms with Gasteiger partial charge < -0.3 is 4.90 Å². The number of carbonyl (C=O) groups excluding carboxylic acids is 1. The second-order valence-corrected chi connectivity index (χ2v) is 10.7. The molecule has 5 rings (SSSR count). The predicted molar refractivity (Wildman–Crippen MR) is 120 cm³/mol. The Morgan fingerprint density at radius 1 is 1.03 bits per heavy atom. The summed E-state index contributed by atoms with van der Waals surface area (Å²) in [6.45, 7) is 1.10. The van der Waals surface area contributed by atoms with Gasteiger partial charge in [-0.2, -0.15) is 0 Å². The zero-order chi connectivity index (χ0) is 20.9. The van der Waals surface area contributed by atoms with E-state index in [0.717, 1.165) is 17.5 Å². The molecule has 1 amide bonds. The van der Waals surface area contributed by atoms with E-state index in [1.54, 1.807) is 23.5 Å². The Bertz CT molecular complexity index is 1220. The summed E-state index contributed by atoms with van der Waals surface area (Å²) in [5.41, 5.74) is 4.52. The smallest absolute Gasteiger partial charge is 0.254 e. The average Bonchev–Trinajstić information content (AvgIpc) is 3.39. The van der Waals surface area contributed by atoms with Crippen molar-refractivity contribution >= 4 is 33.0 Å². The molecule has 0 bridgehead atoms. The zero-order valence-corrected chi connectivity index (χ0v) is 18.2. The van der Waals surface area contributed by atoms with Gasteiger partial charge in [-0.25, -0.2) is 8.42 Å². The first kappa shape index (κ1) is 19.3. The SMILES string of the molecule is CS(=O)(=O)N1CCc2cc(C(=O)N3CCc4sccc4C3c3ccccc3)ccc21. The molecule has 30 heavy (non-hydrogen) atoms. The highest BCUT2D eigenvalue weighted by molar-refractivity contribution is 7.92. The van der Waals surface area contributed by atoms with Crippen molar-refractivity contribution in [3.05, 3.63) is 87.1 Å². The molecule has 2 aliphatic rings. The molecule has 0 aliphatic carbocycles. The Morgan fingerprint density at radius 3 is 2.60 bits per heavy atom. The minimum atomic E-state index is -3.30. The third-order valence-electron chi connectivity index (χ3n) is 5.92. The Labute approximate surface area is 180 Å². The van der Waals surface area contributed by atoms with Crippen LogP contribution >= 0.6 is 11.3 Å². The monoisotopic (exact) mass is 438 g/mol. The van der Waals surface area contributed by atoms with Crippen LogP contribution in [-0.4, -0.2) is 38.6 Å². The van der Waals surface area contributed by atoms with E-state index in [-0.39, 0.29) is 11.9 Å². The average molecular weight is 439 g/mol. The van der Waals surface area contributed by atoms with Gasteiger partial charge in [-0.15, -0.1) is 11.3 Å². The number of fused-ring (bicyclic) bond motifs is 2. The molecule has 5 nitrogen and oxygen atoms in total. The van der Waals surface area contributed by atoms with E-state index >= 15 is 0 Å². The molecule has 0 radical (unpaired) electrons. The molecule has 2 aromatic carbocycles. The van der Waals surface area contributed by atoms with Gasteiger partial charge in [0.2, 0.25) is 10.0 Å². The van der Waals surface area contributed by atoms with Crippen molar-refractivity contribution in [2.45, 2.75) is 18.9 Å². The number of hydrogen-bond donors (Lipinski definition) is 0. The summed E-state index contributed by atoms with van der Waals surface area (Å²) in [5.74, 6) is -0.0127. The second kappa shape index (κ2) is 7.25. The molecule has 7 heteroatoms. The Balaban J connectivity index is 1.52. The Kier molecular flexibility index (Phi) is 4.67. The van der Waals surface area contributed by atoms with Crippen LogP contribution in [0.25, 0.3) is 0 Å². The fourth-order valence-electron chi connectivity index (χ4n) is 4.54.